The van der Waals surface area contributed by atoms with Crippen LogP contribution in [0.2, 0.25) is 10.0 Å². The number of anilines is 1. The molecular formula is C24H15Cl2NO. The molecular weight excluding hydrogens is 389 g/mol. The van der Waals surface area contributed by atoms with Gasteiger partial charge in [0.1, 0.15) is 0 Å². The Morgan fingerprint density at radius 3 is 2.46 bits per heavy atom. The SMILES string of the molecule is O=C(Nc1c(Cl)cccc1Cl)C1=CC2=Cc3c(ccc4ccccc34)CC2=C1. The first-order valence-corrected chi connectivity index (χ1v) is 9.76. The largest absolute Gasteiger partial charge is 0.319 e. The minimum atomic E-state index is -0.216. The maximum absolute atomic E-state index is 12.8. The van der Waals surface area contributed by atoms with Crippen molar-refractivity contribution in [2.24, 2.45) is 0 Å². The van der Waals surface area contributed by atoms with E-state index in [1.165, 1.54) is 21.9 Å². The summed E-state index contributed by atoms with van der Waals surface area (Å²) < 4.78 is 0. The molecule has 136 valence electrons. The van der Waals surface area contributed by atoms with Crippen LogP contribution in [0.4, 0.5) is 5.69 Å². The molecule has 0 heterocycles. The molecule has 28 heavy (non-hydrogen) atoms. The van der Waals surface area contributed by atoms with Gasteiger partial charge in [0.2, 0.25) is 0 Å². The first kappa shape index (κ1) is 17.3. The molecule has 0 aromatic heterocycles. The molecule has 0 bridgehead atoms. The maximum atomic E-state index is 12.8. The topological polar surface area (TPSA) is 29.1 Å². The summed E-state index contributed by atoms with van der Waals surface area (Å²) in [5, 5.41) is 6.13. The summed E-state index contributed by atoms with van der Waals surface area (Å²) >= 11 is 12.3. The third-order valence-corrected chi connectivity index (χ3v) is 5.85. The zero-order chi connectivity index (χ0) is 19.3. The smallest absolute Gasteiger partial charge is 0.255 e. The Morgan fingerprint density at radius 2 is 1.64 bits per heavy atom. The highest BCUT2D eigenvalue weighted by Crippen LogP contribution is 2.38. The van der Waals surface area contributed by atoms with E-state index in [0.717, 1.165) is 17.6 Å². The number of nitrogens with one attached hydrogen (secondary N) is 1. The summed E-state index contributed by atoms with van der Waals surface area (Å²) in [6, 6.07) is 17.9. The van der Waals surface area contributed by atoms with Crippen LogP contribution in [0.15, 0.2) is 83.5 Å². The zero-order valence-corrected chi connectivity index (χ0v) is 16.3. The zero-order valence-electron chi connectivity index (χ0n) is 14.8. The highest BCUT2D eigenvalue weighted by molar-refractivity contribution is 6.40. The Kier molecular flexibility index (Phi) is 4.12. The molecule has 0 saturated carbocycles. The number of halogens is 2. The lowest BCUT2D eigenvalue weighted by molar-refractivity contribution is -0.112. The number of fused-ring (bicyclic) bond motifs is 4. The minimum absolute atomic E-state index is 0.216. The molecule has 2 aliphatic rings. The van der Waals surface area contributed by atoms with Crippen LogP contribution < -0.4 is 5.32 Å². The van der Waals surface area contributed by atoms with E-state index >= 15 is 0 Å². The van der Waals surface area contributed by atoms with Gasteiger partial charge in [0.25, 0.3) is 5.91 Å². The van der Waals surface area contributed by atoms with Crippen LogP contribution in [0, 0.1) is 0 Å². The van der Waals surface area contributed by atoms with E-state index in [4.69, 9.17) is 23.2 Å². The van der Waals surface area contributed by atoms with Crippen molar-refractivity contribution in [3.8, 4) is 0 Å². The summed E-state index contributed by atoms with van der Waals surface area (Å²) in [5.41, 5.74) is 5.79. The number of para-hydroxylation sites is 1. The third-order valence-electron chi connectivity index (χ3n) is 5.22. The number of benzene rings is 3. The van der Waals surface area contributed by atoms with E-state index in [1.807, 2.05) is 18.2 Å². The number of hydrogen-bond donors (Lipinski definition) is 1. The predicted molar refractivity (Wildman–Crippen MR) is 117 cm³/mol. The molecule has 2 nitrogen and oxygen atoms in total. The molecule has 1 amide bonds. The van der Waals surface area contributed by atoms with Gasteiger partial charge < -0.3 is 5.32 Å². The van der Waals surface area contributed by atoms with Gasteiger partial charge >= 0.3 is 0 Å². The molecule has 0 radical (unpaired) electrons. The second kappa shape index (κ2) is 6.66. The van der Waals surface area contributed by atoms with Gasteiger partial charge in [-0.2, -0.15) is 0 Å². The van der Waals surface area contributed by atoms with Crippen molar-refractivity contribution in [2.75, 3.05) is 5.32 Å². The Hall–Kier alpha value is -2.81. The normalized spacial score (nSPS) is 14.7. The van der Waals surface area contributed by atoms with E-state index < -0.39 is 0 Å². The fourth-order valence-corrected chi connectivity index (χ4v) is 4.31. The van der Waals surface area contributed by atoms with Crippen LogP contribution in [-0.4, -0.2) is 5.91 Å². The Morgan fingerprint density at radius 1 is 0.857 bits per heavy atom. The van der Waals surface area contributed by atoms with E-state index in [9.17, 15) is 4.79 Å². The van der Waals surface area contributed by atoms with Gasteiger partial charge in [-0.25, -0.2) is 0 Å². The lowest BCUT2D eigenvalue weighted by atomic mass is 9.87. The van der Waals surface area contributed by atoms with E-state index in [-0.39, 0.29) is 5.91 Å². The van der Waals surface area contributed by atoms with Crippen molar-refractivity contribution in [3.63, 3.8) is 0 Å². The summed E-state index contributed by atoms with van der Waals surface area (Å²) in [6.45, 7) is 0. The third kappa shape index (κ3) is 2.86. The number of allylic oxidation sites excluding steroid dienone is 3. The molecule has 3 aromatic carbocycles. The fourth-order valence-electron chi connectivity index (χ4n) is 3.82. The van der Waals surface area contributed by atoms with Crippen LogP contribution in [0.25, 0.3) is 16.8 Å². The number of carbonyl (C=O) groups excluding carboxylic acids is 1. The van der Waals surface area contributed by atoms with Crippen molar-refractivity contribution < 1.29 is 4.79 Å². The number of hydrogen-bond acceptors (Lipinski definition) is 1. The molecule has 5 rings (SSSR count). The van der Waals surface area contributed by atoms with Crippen LogP contribution >= 0.6 is 23.2 Å². The number of rotatable bonds is 2. The van der Waals surface area contributed by atoms with Gasteiger partial charge in [0.05, 0.1) is 15.7 Å². The monoisotopic (exact) mass is 403 g/mol. The average molecular weight is 404 g/mol. The summed E-state index contributed by atoms with van der Waals surface area (Å²) in [4.78, 5) is 12.8. The predicted octanol–water partition coefficient (Wildman–Crippen LogP) is 6.59. The molecule has 0 spiro atoms. The van der Waals surface area contributed by atoms with Gasteiger partial charge in [0.15, 0.2) is 0 Å². The van der Waals surface area contributed by atoms with Crippen molar-refractivity contribution in [3.05, 3.63) is 105 Å². The number of amides is 1. The molecule has 0 atom stereocenters. The molecule has 4 heteroatoms. The van der Waals surface area contributed by atoms with Crippen molar-refractivity contribution in [2.45, 2.75) is 6.42 Å². The Bertz CT molecular complexity index is 1230. The Labute approximate surface area is 172 Å². The fraction of sp³-hybridized carbons (Fsp3) is 0.0417. The first-order chi connectivity index (χ1) is 13.6. The second-order valence-electron chi connectivity index (χ2n) is 6.96. The number of carbonyl (C=O) groups is 1. The molecule has 0 aliphatic heterocycles. The molecule has 0 fully saturated rings. The quantitative estimate of drug-likeness (QED) is 0.513. The standard InChI is InChI=1S/C24H15Cl2NO/c25-21-6-3-7-22(26)23(21)27-24(28)18-11-16-10-15-9-8-14-4-1-2-5-19(14)20(15)13-17(16)12-18/h1-9,11-13H,10H2,(H,27,28). The molecule has 2 aliphatic carbocycles. The van der Waals surface area contributed by atoms with Crippen LogP contribution in [0.3, 0.4) is 0 Å². The Balaban J connectivity index is 1.50. The highest BCUT2D eigenvalue weighted by Gasteiger charge is 2.23. The lowest BCUT2D eigenvalue weighted by Gasteiger charge is -2.17. The van der Waals surface area contributed by atoms with E-state index in [1.54, 1.807) is 18.2 Å². The van der Waals surface area contributed by atoms with Crippen LogP contribution in [0.1, 0.15) is 11.1 Å². The lowest BCUT2D eigenvalue weighted by Crippen LogP contribution is -2.13. The van der Waals surface area contributed by atoms with Crippen molar-refractivity contribution >= 4 is 51.6 Å². The van der Waals surface area contributed by atoms with Gasteiger partial charge in [-0.1, -0.05) is 65.7 Å². The van der Waals surface area contributed by atoms with Crippen LogP contribution in [-0.2, 0) is 11.2 Å². The molecule has 3 aromatic rings. The summed E-state index contributed by atoms with van der Waals surface area (Å²) in [6.07, 6.45) is 6.87. The highest BCUT2D eigenvalue weighted by atomic mass is 35.5. The van der Waals surface area contributed by atoms with E-state index in [2.05, 4.69) is 41.7 Å². The second-order valence-corrected chi connectivity index (χ2v) is 7.77. The molecule has 0 saturated heterocycles. The van der Waals surface area contributed by atoms with Crippen molar-refractivity contribution in [1.82, 2.24) is 0 Å². The van der Waals surface area contributed by atoms with Gasteiger partial charge in [0, 0.05) is 5.57 Å². The molecule has 0 unspecified atom stereocenters. The van der Waals surface area contributed by atoms with Gasteiger partial charge in [-0.3, -0.25) is 4.79 Å². The summed E-state index contributed by atoms with van der Waals surface area (Å²) in [5.74, 6) is -0.216. The van der Waals surface area contributed by atoms with Crippen molar-refractivity contribution in [1.29, 1.82) is 0 Å². The molecule has 1 N–H and O–H groups in total. The van der Waals surface area contributed by atoms with Gasteiger partial charge in [-0.15, -0.1) is 0 Å². The van der Waals surface area contributed by atoms with Gasteiger partial charge in [-0.05, 0) is 69.8 Å². The van der Waals surface area contributed by atoms with E-state index in [0.29, 0.717) is 21.3 Å². The summed E-state index contributed by atoms with van der Waals surface area (Å²) in [7, 11) is 0. The first-order valence-electron chi connectivity index (χ1n) is 9.00. The minimum Gasteiger partial charge on any atom is -0.319 e. The van der Waals surface area contributed by atoms with Crippen LogP contribution in [0.5, 0.6) is 0 Å². The average Bonchev–Trinajstić information content (AvgIpc) is 3.12. The maximum Gasteiger partial charge on any atom is 0.255 e.